The number of para-hydroxylation sites is 1. The summed E-state index contributed by atoms with van der Waals surface area (Å²) in [5, 5.41) is 3.57. The second kappa shape index (κ2) is 6.83. The predicted octanol–water partition coefficient (Wildman–Crippen LogP) is 2.80. The van der Waals surface area contributed by atoms with Crippen molar-refractivity contribution >= 4 is 16.8 Å². The summed E-state index contributed by atoms with van der Waals surface area (Å²) < 4.78 is 45.3. The zero-order valence-electron chi connectivity index (χ0n) is 15.0. The fraction of sp³-hybridized carbons (Fsp3) is 0.526. The van der Waals surface area contributed by atoms with Gasteiger partial charge in [0, 0.05) is 35.2 Å². The van der Waals surface area contributed by atoms with Crippen molar-refractivity contribution in [2.24, 2.45) is 0 Å². The van der Waals surface area contributed by atoms with Crippen LogP contribution in [-0.2, 0) is 11.3 Å². The van der Waals surface area contributed by atoms with Crippen LogP contribution in [0.3, 0.4) is 0 Å². The van der Waals surface area contributed by atoms with E-state index < -0.39 is 12.7 Å². The Balaban J connectivity index is 1.56. The number of likely N-dealkylation sites (N-methyl/N-ethyl adjacent to an activating group) is 1. The first-order valence-corrected chi connectivity index (χ1v) is 9.07. The molecule has 1 aromatic carbocycles. The lowest BCUT2D eigenvalue weighted by molar-refractivity contribution is -0.139. The first-order valence-electron chi connectivity index (χ1n) is 9.07. The number of nitrogens with one attached hydrogen (secondary N) is 1. The van der Waals surface area contributed by atoms with E-state index in [1.807, 2.05) is 0 Å². The van der Waals surface area contributed by atoms with Gasteiger partial charge >= 0.3 is 6.18 Å². The maximum atomic E-state index is 12.9. The lowest BCUT2D eigenvalue weighted by Gasteiger charge is -2.46. The quantitative estimate of drug-likeness (QED) is 0.890. The summed E-state index contributed by atoms with van der Waals surface area (Å²) in [6.45, 7) is 0.172. The van der Waals surface area contributed by atoms with E-state index in [0.29, 0.717) is 24.1 Å². The van der Waals surface area contributed by atoms with E-state index in [1.54, 1.807) is 24.3 Å². The topological polar surface area (TPSA) is 46.5 Å². The van der Waals surface area contributed by atoms with Gasteiger partial charge in [0.2, 0.25) is 0 Å². The molecule has 1 N–H and O–H groups in total. The highest BCUT2D eigenvalue weighted by atomic mass is 19.4. The van der Waals surface area contributed by atoms with Crippen LogP contribution < -0.4 is 5.32 Å². The summed E-state index contributed by atoms with van der Waals surface area (Å²) in [7, 11) is 2.07. The number of benzene rings is 1. The van der Waals surface area contributed by atoms with E-state index in [0.717, 1.165) is 17.4 Å². The number of morpholine rings is 1. The molecule has 3 atom stereocenters. The highest BCUT2D eigenvalue weighted by molar-refractivity contribution is 6.07. The minimum absolute atomic E-state index is 0.00247. The number of carbonyl (C=O) groups is 1. The molecule has 2 aliphatic rings. The number of amides is 1. The van der Waals surface area contributed by atoms with Gasteiger partial charge in [-0.3, -0.25) is 9.69 Å². The SMILES string of the molecule is CN1[C@@H]2COC[C@H]1C[C@@H](NC(=O)c1cn(CC(F)(F)F)c3ccccc13)C2. The third kappa shape index (κ3) is 3.68. The summed E-state index contributed by atoms with van der Waals surface area (Å²) in [5.74, 6) is -0.319. The minimum atomic E-state index is -4.35. The van der Waals surface area contributed by atoms with Crippen LogP contribution in [0, 0.1) is 0 Å². The molecule has 2 saturated heterocycles. The number of rotatable bonds is 3. The van der Waals surface area contributed by atoms with Gasteiger partial charge in [-0.25, -0.2) is 0 Å². The van der Waals surface area contributed by atoms with Crippen LogP contribution in [0.5, 0.6) is 0 Å². The van der Waals surface area contributed by atoms with E-state index >= 15 is 0 Å². The summed E-state index contributed by atoms with van der Waals surface area (Å²) in [6, 6.07) is 7.22. The van der Waals surface area contributed by atoms with Gasteiger partial charge in [-0.15, -0.1) is 0 Å². The molecule has 0 radical (unpaired) electrons. The fourth-order valence-corrected chi connectivity index (χ4v) is 4.23. The molecule has 0 spiro atoms. The monoisotopic (exact) mass is 381 g/mol. The van der Waals surface area contributed by atoms with Gasteiger partial charge in [-0.1, -0.05) is 18.2 Å². The molecule has 1 aromatic heterocycles. The van der Waals surface area contributed by atoms with Crippen LogP contribution >= 0.6 is 0 Å². The standard InChI is InChI=1S/C19H22F3N3O2/c1-24-13-6-12(7-14(24)10-27-9-13)23-18(26)16-8-25(11-19(20,21)22)17-5-3-2-4-15(16)17/h2-5,8,12-14H,6-7,9-11H2,1H3,(H,23,26)/t12-,13-,14+. The summed E-state index contributed by atoms with van der Waals surface area (Å²) in [5.41, 5.74) is 0.698. The molecule has 2 aliphatic heterocycles. The lowest BCUT2D eigenvalue weighted by atomic mass is 9.90. The number of hydrogen-bond donors (Lipinski definition) is 1. The van der Waals surface area contributed by atoms with Crippen LogP contribution in [-0.4, -0.2) is 59.9 Å². The first-order chi connectivity index (χ1) is 12.8. The van der Waals surface area contributed by atoms with Crippen molar-refractivity contribution in [3.05, 3.63) is 36.0 Å². The molecule has 0 unspecified atom stereocenters. The Morgan fingerprint density at radius 2 is 1.89 bits per heavy atom. The molecule has 2 aromatic rings. The van der Waals surface area contributed by atoms with Gasteiger partial charge in [0.05, 0.1) is 18.8 Å². The van der Waals surface area contributed by atoms with Crippen molar-refractivity contribution in [2.45, 2.75) is 43.7 Å². The number of ether oxygens (including phenoxy) is 1. The molecule has 4 rings (SSSR count). The highest BCUT2D eigenvalue weighted by Gasteiger charge is 2.37. The number of aromatic nitrogens is 1. The summed E-state index contributed by atoms with van der Waals surface area (Å²) in [6.07, 6.45) is -1.48. The summed E-state index contributed by atoms with van der Waals surface area (Å²) >= 11 is 0. The number of carbonyl (C=O) groups excluding carboxylic acids is 1. The molecule has 3 heterocycles. The van der Waals surface area contributed by atoms with Gasteiger partial charge in [0.1, 0.15) is 6.54 Å². The maximum Gasteiger partial charge on any atom is 0.406 e. The Hall–Kier alpha value is -2.06. The predicted molar refractivity (Wildman–Crippen MR) is 94.6 cm³/mol. The van der Waals surface area contributed by atoms with E-state index in [9.17, 15) is 18.0 Å². The Kier molecular flexibility index (Phi) is 4.63. The van der Waals surface area contributed by atoms with Crippen molar-refractivity contribution in [3.63, 3.8) is 0 Å². The molecule has 27 heavy (non-hydrogen) atoms. The van der Waals surface area contributed by atoms with Gasteiger partial charge in [-0.05, 0) is 26.0 Å². The summed E-state index contributed by atoms with van der Waals surface area (Å²) in [4.78, 5) is 15.1. The molecule has 2 fully saturated rings. The number of hydrogen-bond acceptors (Lipinski definition) is 3. The second-order valence-corrected chi connectivity index (χ2v) is 7.46. The molecule has 8 heteroatoms. The van der Waals surface area contributed by atoms with Gasteiger partial charge in [-0.2, -0.15) is 13.2 Å². The van der Waals surface area contributed by atoms with Gasteiger partial charge in [0.15, 0.2) is 0 Å². The zero-order valence-corrected chi connectivity index (χ0v) is 15.0. The van der Waals surface area contributed by atoms with Crippen molar-refractivity contribution in [1.82, 2.24) is 14.8 Å². The Morgan fingerprint density at radius 1 is 1.22 bits per heavy atom. The fourth-order valence-electron chi connectivity index (χ4n) is 4.23. The highest BCUT2D eigenvalue weighted by Crippen LogP contribution is 2.28. The Morgan fingerprint density at radius 3 is 2.56 bits per heavy atom. The van der Waals surface area contributed by atoms with Crippen molar-refractivity contribution in [1.29, 1.82) is 0 Å². The average Bonchev–Trinajstić information content (AvgIpc) is 2.93. The zero-order chi connectivity index (χ0) is 19.2. The van der Waals surface area contributed by atoms with E-state index in [4.69, 9.17) is 4.74 Å². The van der Waals surface area contributed by atoms with Gasteiger partial charge < -0.3 is 14.6 Å². The number of alkyl halides is 3. The molecule has 2 bridgehead atoms. The smallest absolute Gasteiger partial charge is 0.378 e. The third-order valence-electron chi connectivity index (χ3n) is 5.60. The molecule has 1 amide bonds. The largest absolute Gasteiger partial charge is 0.406 e. The van der Waals surface area contributed by atoms with Gasteiger partial charge in [0.25, 0.3) is 5.91 Å². The van der Waals surface area contributed by atoms with E-state index in [2.05, 4.69) is 17.3 Å². The molecule has 0 saturated carbocycles. The molecule has 5 nitrogen and oxygen atoms in total. The minimum Gasteiger partial charge on any atom is -0.378 e. The maximum absolute atomic E-state index is 12.9. The van der Waals surface area contributed by atoms with Crippen molar-refractivity contribution < 1.29 is 22.7 Å². The van der Waals surface area contributed by atoms with Crippen molar-refractivity contribution in [3.8, 4) is 0 Å². The number of nitrogens with zero attached hydrogens (tertiary/aromatic N) is 2. The van der Waals surface area contributed by atoms with E-state index in [-0.39, 0.29) is 29.6 Å². The number of halogens is 3. The van der Waals surface area contributed by atoms with E-state index in [1.165, 1.54) is 6.20 Å². The van der Waals surface area contributed by atoms with Crippen LogP contribution in [0.15, 0.2) is 30.5 Å². The first kappa shape index (κ1) is 18.3. The van der Waals surface area contributed by atoms with Crippen LogP contribution in [0.2, 0.25) is 0 Å². The van der Waals surface area contributed by atoms with Crippen LogP contribution in [0.4, 0.5) is 13.2 Å². The number of piperidine rings is 1. The lowest BCUT2D eigenvalue weighted by Crippen LogP contribution is -2.59. The van der Waals surface area contributed by atoms with Crippen LogP contribution in [0.1, 0.15) is 23.2 Å². The Bertz CT molecular complexity index is 834. The third-order valence-corrected chi connectivity index (χ3v) is 5.60. The average molecular weight is 381 g/mol. The van der Waals surface area contributed by atoms with Crippen molar-refractivity contribution in [2.75, 3.05) is 20.3 Å². The normalized spacial score (nSPS) is 26.3. The number of fused-ring (bicyclic) bond motifs is 3. The second-order valence-electron chi connectivity index (χ2n) is 7.46. The molecule has 0 aliphatic carbocycles. The molecular weight excluding hydrogens is 359 g/mol. The molecular formula is C19H22F3N3O2. The Labute approximate surface area is 155 Å². The van der Waals surface area contributed by atoms with Crippen LogP contribution in [0.25, 0.3) is 10.9 Å². The molecule has 146 valence electrons.